The fourth-order valence-electron chi connectivity index (χ4n) is 2.29. The van der Waals surface area contributed by atoms with Gasteiger partial charge in [0.2, 0.25) is 5.91 Å². The molecular formula is C14H20N2OS. The van der Waals surface area contributed by atoms with Crippen molar-refractivity contribution in [1.82, 2.24) is 5.32 Å². The van der Waals surface area contributed by atoms with Gasteiger partial charge >= 0.3 is 0 Å². The van der Waals surface area contributed by atoms with Gasteiger partial charge in [0.15, 0.2) is 0 Å². The van der Waals surface area contributed by atoms with Crippen LogP contribution in [0.3, 0.4) is 0 Å². The second-order valence-electron chi connectivity index (χ2n) is 4.63. The lowest BCUT2D eigenvalue weighted by molar-refractivity contribution is -0.116. The van der Waals surface area contributed by atoms with Gasteiger partial charge in [-0.05, 0) is 37.1 Å². The molecule has 0 aliphatic carbocycles. The Morgan fingerprint density at radius 3 is 2.94 bits per heavy atom. The summed E-state index contributed by atoms with van der Waals surface area (Å²) in [6.45, 7) is 3.21. The van der Waals surface area contributed by atoms with Crippen LogP contribution >= 0.6 is 11.8 Å². The van der Waals surface area contributed by atoms with E-state index >= 15 is 0 Å². The molecule has 1 N–H and O–H groups in total. The van der Waals surface area contributed by atoms with Crippen molar-refractivity contribution in [3.63, 3.8) is 0 Å². The highest BCUT2D eigenvalue weighted by Crippen LogP contribution is 2.36. The minimum absolute atomic E-state index is 0.183. The highest BCUT2D eigenvalue weighted by molar-refractivity contribution is 8.00. The average molecular weight is 264 g/mol. The van der Waals surface area contributed by atoms with Gasteiger partial charge in [-0.1, -0.05) is 13.0 Å². The fraction of sp³-hybridized carbons (Fsp3) is 0.500. The predicted molar refractivity (Wildman–Crippen MR) is 77.5 cm³/mol. The molecule has 1 heterocycles. The van der Waals surface area contributed by atoms with Crippen LogP contribution in [0.5, 0.6) is 0 Å². The number of likely N-dealkylation sites (N-methyl/N-ethyl adjacent to an activating group) is 1. The number of carbonyl (C=O) groups excluding carboxylic acids is 1. The summed E-state index contributed by atoms with van der Waals surface area (Å²) in [4.78, 5) is 14.6. The number of carbonyl (C=O) groups is 1. The van der Waals surface area contributed by atoms with Crippen LogP contribution in [0.1, 0.15) is 24.8 Å². The Morgan fingerprint density at radius 1 is 1.50 bits per heavy atom. The summed E-state index contributed by atoms with van der Waals surface area (Å²) in [7, 11) is 3.84. The summed E-state index contributed by atoms with van der Waals surface area (Å²) < 4.78 is 0. The molecule has 0 radical (unpaired) electrons. The average Bonchev–Trinajstić information content (AvgIpc) is 2.40. The zero-order valence-corrected chi connectivity index (χ0v) is 12.0. The molecular weight excluding hydrogens is 244 g/mol. The van der Waals surface area contributed by atoms with Crippen LogP contribution in [0.2, 0.25) is 0 Å². The molecule has 98 valence electrons. The largest absolute Gasteiger partial charge is 0.319 e. The molecule has 0 saturated heterocycles. The monoisotopic (exact) mass is 264 g/mol. The summed E-state index contributed by atoms with van der Waals surface area (Å²) >= 11 is 1.65. The van der Waals surface area contributed by atoms with Crippen molar-refractivity contribution in [3.05, 3.63) is 23.8 Å². The zero-order valence-electron chi connectivity index (χ0n) is 11.2. The van der Waals surface area contributed by atoms with E-state index in [1.54, 1.807) is 16.7 Å². The number of fused-ring (bicyclic) bond motifs is 1. The SMILES string of the molecule is CCC(CNC)c1ccc2c(c1)SCC(=O)N2C. The van der Waals surface area contributed by atoms with E-state index in [4.69, 9.17) is 0 Å². The molecule has 4 heteroatoms. The Bertz CT molecular complexity index is 447. The smallest absolute Gasteiger partial charge is 0.237 e. The summed E-state index contributed by atoms with van der Waals surface area (Å²) in [5.41, 5.74) is 2.40. The molecule has 0 bridgehead atoms. The van der Waals surface area contributed by atoms with E-state index in [0.29, 0.717) is 11.7 Å². The molecule has 1 aromatic rings. The van der Waals surface area contributed by atoms with Crippen LogP contribution in [0, 0.1) is 0 Å². The summed E-state index contributed by atoms with van der Waals surface area (Å²) in [5.74, 6) is 1.28. The zero-order chi connectivity index (χ0) is 13.1. The Morgan fingerprint density at radius 2 is 2.28 bits per heavy atom. The van der Waals surface area contributed by atoms with Crippen LogP contribution in [-0.4, -0.2) is 32.3 Å². The molecule has 1 aliphatic rings. The Balaban J connectivity index is 2.30. The topological polar surface area (TPSA) is 32.3 Å². The van der Waals surface area contributed by atoms with E-state index in [-0.39, 0.29) is 5.91 Å². The van der Waals surface area contributed by atoms with E-state index < -0.39 is 0 Å². The maximum Gasteiger partial charge on any atom is 0.237 e. The number of nitrogens with one attached hydrogen (secondary N) is 1. The second kappa shape index (κ2) is 5.76. The molecule has 0 spiro atoms. The number of hydrogen-bond donors (Lipinski definition) is 1. The normalized spacial score (nSPS) is 16.6. The van der Waals surface area contributed by atoms with Crippen molar-refractivity contribution < 1.29 is 4.79 Å². The quantitative estimate of drug-likeness (QED) is 0.906. The van der Waals surface area contributed by atoms with Gasteiger partial charge < -0.3 is 10.2 Å². The molecule has 0 aromatic heterocycles. The lowest BCUT2D eigenvalue weighted by Crippen LogP contribution is -2.31. The number of nitrogens with zero attached hydrogens (tertiary/aromatic N) is 1. The molecule has 2 rings (SSSR count). The van der Waals surface area contributed by atoms with Gasteiger partial charge in [0, 0.05) is 18.5 Å². The third-order valence-electron chi connectivity index (χ3n) is 3.49. The van der Waals surface area contributed by atoms with E-state index in [9.17, 15) is 4.79 Å². The van der Waals surface area contributed by atoms with Gasteiger partial charge in [0.1, 0.15) is 0 Å². The first kappa shape index (κ1) is 13.4. The summed E-state index contributed by atoms with van der Waals surface area (Å²) in [6, 6.07) is 6.47. The van der Waals surface area contributed by atoms with Gasteiger partial charge in [-0.15, -0.1) is 11.8 Å². The van der Waals surface area contributed by atoms with E-state index in [1.165, 1.54) is 10.5 Å². The van der Waals surface area contributed by atoms with Crippen molar-refractivity contribution in [3.8, 4) is 0 Å². The molecule has 0 fully saturated rings. The van der Waals surface area contributed by atoms with Crippen molar-refractivity contribution in [2.24, 2.45) is 0 Å². The van der Waals surface area contributed by atoms with Crippen LogP contribution in [-0.2, 0) is 4.79 Å². The Labute approximate surface area is 113 Å². The minimum atomic E-state index is 0.183. The van der Waals surface area contributed by atoms with Crippen molar-refractivity contribution in [2.75, 3.05) is 31.3 Å². The van der Waals surface area contributed by atoms with Crippen LogP contribution < -0.4 is 10.2 Å². The molecule has 1 atom stereocenters. The number of hydrogen-bond acceptors (Lipinski definition) is 3. The minimum Gasteiger partial charge on any atom is -0.319 e. The highest BCUT2D eigenvalue weighted by atomic mass is 32.2. The molecule has 1 aromatic carbocycles. The fourth-order valence-corrected chi connectivity index (χ4v) is 3.34. The number of rotatable bonds is 4. The van der Waals surface area contributed by atoms with Crippen molar-refractivity contribution >= 4 is 23.4 Å². The van der Waals surface area contributed by atoms with Crippen molar-refractivity contribution in [2.45, 2.75) is 24.2 Å². The first-order chi connectivity index (χ1) is 8.67. The Kier molecular flexibility index (Phi) is 4.30. The molecule has 18 heavy (non-hydrogen) atoms. The van der Waals surface area contributed by atoms with Gasteiger partial charge in [-0.2, -0.15) is 0 Å². The molecule has 1 unspecified atom stereocenters. The standard InChI is InChI=1S/C14H20N2OS/c1-4-10(8-15-2)11-5-6-12-13(7-11)18-9-14(17)16(12)3/h5-7,10,15H,4,8-9H2,1-3H3. The maximum atomic E-state index is 11.6. The summed E-state index contributed by atoms with van der Waals surface area (Å²) in [5, 5.41) is 3.24. The molecule has 0 saturated carbocycles. The first-order valence-electron chi connectivity index (χ1n) is 6.35. The van der Waals surface area contributed by atoms with Gasteiger partial charge in [-0.3, -0.25) is 4.79 Å². The number of anilines is 1. The van der Waals surface area contributed by atoms with Gasteiger partial charge in [-0.25, -0.2) is 0 Å². The Hall–Kier alpha value is -1.00. The number of benzene rings is 1. The van der Waals surface area contributed by atoms with E-state index in [1.807, 2.05) is 14.1 Å². The van der Waals surface area contributed by atoms with Crippen LogP contribution in [0.15, 0.2) is 23.1 Å². The maximum absolute atomic E-state index is 11.6. The van der Waals surface area contributed by atoms with E-state index in [0.717, 1.165) is 18.7 Å². The molecule has 1 amide bonds. The highest BCUT2D eigenvalue weighted by Gasteiger charge is 2.22. The second-order valence-corrected chi connectivity index (χ2v) is 5.65. The van der Waals surface area contributed by atoms with E-state index in [2.05, 4.69) is 30.4 Å². The third-order valence-corrected chi connectivity index (χ3v) is 4.51. The lowest BCUT2D eigenvalue weighted by atomic mass is 9.96. The molecule has 3 nitrogen and oxygen atoms in total. The number of amides is 1. The van der Waals surface area contributed by atoms with Gasteiger partial charge in [0.25, 0.3) is 0 Å². The van der Waals surface area contributed by atoms with Crippen LogP contribution in [0.4, 0.5) is 5.69 Å². The first-order valence-corrected chi connectivity index (χ1v) is 7.33. The number of thioether (sulfide) groups is 1. The van der Waals surface area contributed by atoms with Gasteiger partial charge in [0.05, 0.1) is 11.4 Å². The third kappa shape index (κ3) is 2.54. The van der Waals surface area contributed by atoms with Crippen molar-refractivity contribution in [1.29, 1.82) is 0 Å². The predicted octanol–water partition coefficient (Wildman–Crippen LogP) is 2.47. The summed E-state index contributed by atoms with van der Waals surface area (Å²) in [6.07, 6.45) is 1.12. The lowest BCUT2D eigenvalue weighted by Gasteiger charge is -2.26. The van der Waals surface area contributed by atoms with Crippen LogP contribution in [0.25, 0.3) is 0 Å². The molecule has 1 aliphatic heterocycles.